The second-order valence-electron chi connectivity index (χ2n) is 6.84. The minimum Gasteiger partial charge on any atom is -0.296 e. The molecule has 2 atom stereocenters. The molecular formula is C19H18BrFN4. The number of piperazine rings is 1. The lowest BCUT2D eigenvalue weighted by Gasteiger charge is -2.56. The Morgan fingerprint density at radius 3 is 2.68 bits per heavy atom. The van der Waals surface area contributed by atoms with Gasteiger partial charge in [-0.3, -0.25) is 14.8 Å². The fourth-order valence-electron chi connectivity index (χ4n) is 3.90. The molecule has 6 heteroatoms. The predicted octanol–water partition coefficient (Wildman–Crippen LogP) is 3.31. The molecule has 4 heterocycles. The number of hydrogen-bond acceptors (Lipinski definition) is 4. The van der Waals surface area contributed by atoms with Gasteiger partial charge < -0.3 is 0 Å². The maximum Gasteiger partial charge on any atom is 0.129 e. The molecule has 0 radical (unpaired) electrons. The van der Waals surface area contributed by atoms with Crippen LogP contribution in [0.1, 0.15) is 23.1 Å². The van der Waals surface area contributed by atoms with E-state index >= 15 is 0 Å². The number of halogens is 2. The molecule has 3 fully saturated rings. The molecule has 0 spiro atoms. The van der Waals surface area contributed by atoms with Crippen molar-refractivity contribution in [3.8, 4) is 6.07 Å². The molecule has 2 aromatic rings. The normalized spacial score (nSPS) is 23.1. The van der Waals surface area contributed by atoms with Crippen LogP contribution in [0.2, 0.25) is 0 Å². The van der Waals surface area contributed by atoms with Gasteiger partial charge in [-0.25, -0.2) is 4.39 Å². The van der Waals surface area contributed by atoms with Crippen LogP contribution in [0.25, 0.3) is 0 Å². The van der Waals surface area contributed by atoms with Crippen molar-refractivity contribution in [3.63, 3.8) is 0 Å². The number of hydrogen-bond donors (Lipinski definition) is 0. The van der Waals surface area contributed by atoms with Crippen LogP contribution in [0, 0.1) is 17.1 Å². The molecule has 3 saturated heterocycles. The summed E-state index contributed by atoms with van der Waals surface area (Å²) in [6.07, 6.45) is 4.89. The van der Waals surface area contributed by atoms with Gasteiger partial charge in [0.2, 0.25) is 0 Å². The Hall–Kier alpha value is -1.81. The second-order valence-corrected chi connectivity index (χ2v) is 7.75. The van der Waals surface area contributed by atoms with E-state index in [0.29, 0.717) is 29.8 Å². The first-order valence-electron chi connectivity index (χ1n) is 8.38. The molecule has 2 unspecified atom stereocenters. The van der Waals surface area contributed by atoms with E-state index in [2.05, 4.69) is 36.8 Å². The zero-order chi connectivity index (χ0) is 17.4. The van der Waals surface area contributed by atoms with Crippen LogP contribution in [-0.2, 0) is 13.1 Å². The fourth-order valence-corrected chi connectivity index (χ4v) is 4.32. The van der Waals surface area contributed by atoms with E-state index in [1.807, 2.05) is 12.3 Å². The summed E-state index contributed by atoms with van der Waals surface area (Å²) in [6, 6.07) is 9.82. The van der Waals surface area contributed by atoms with Gasteiger partial charge in [-0.15, -0.1) is 0 Å². The fraction of sp³-hybridized carbons (Fsp3) is 0.368. The van der Waals surface area contributed by atoms with Gasteiger partial charge in [-0.1, -0.05) is 6.07 Å². The lowest BCUT2D eigenvalue weighted by molar-refractivity contribution is -0.0779. The van der Waals surface area contributed by atoms with Crippen LogP contribution >= 0.6 is 15.9 Å². The lowest BCUT2D eigenvalue weighted by Crippen LogP contribution is -2.67. The van der Waals surface area contributed by atoms with Crippen LogP contribution in [0.3, 0.4) is 0 Å². The third-order valence-corrected chi connectivity index (χ3v) is 5.56. The number of benzene rings is 1. The smallest absolute Gasteiger partial charge is 0.129 e. The molecule has 0 aliphatic carbocycles. The summed E-state index contributed by atoms with van der Waals surface area (Å²) in [7, 11) is 0. The van der Waals surface area contributed by atoms with Crippen molar-refractivity contribution < 1.29 is 4.39 Å². The summed E-state index contributed by atoms with van der Waals surface area (Å²) in [5.74, 6) is -0.277. The van der Waals surface area contributed by atoms with E-state index in [1.165, 1.54) is 18.1 Å². The van der Waals surface area contributed by atoms with E-state index < -0.39 is 0 Å². The average Bonchev–Trinajstić information content (AvgIpc) is 2.60. The van der Waals surface area contributed by atoms with Crippen molar-refractivity contribution in [1.29, 1.82) is 5.26 Å². The minimum absolute atomic E-state index is 0.277. The Kier molecular flexibility index (Phi) is 4.55. The molecule has 1 aromatic carbocycles. The molecule has 0 N–H and O–H groups in total. The Morgan fingerprint density at radius 2 is 2.00 bits per heavy atom. The summed E-state index contributed by atoms with van der Waals surface area (Å²) in [4.78, 5) is 9.07. The summed E-state index contributed by atoms with van der Waals surface area (Å²) >= 11 is 3.47. The van der Waals surface area contributed by atoms with Crippen LogP contribution in [0.15, 0.2) is 41.1 Å². The van der Waals surface area contributed by atoms with Crippen molar-refractivity contribution >= 4 is 15.9 Å². The van der Waals surface area contributed by atoms with Crippen LogP contribution in [0.5, 0.6) is 0 Å². The quantitative estimate of drug-likeness (QED) is 0.789. The molecule has 128 valence electrons. The molecule has 0 saturated carbocycles. The molecule has 5 rings (SSSR count). The van der Waals surface area contributed by atoms with E-state index in [1.54, 1.807) is 18.3 Å². The number of nitrogens with zero attached hydrogens (tertiary/aromatic N) is 4. The van der Waals surface area contributed by atoms with Gasteiger partial charge in [0, 0.05) is 60.7 Å². The lowest BCUT2D eigenvalue weighted by atomic mass is 9.86. The number of rotatable bonds is 4. The van der Waals surface area contributed by atoms with Crippen LogP contribution in [0.4, 0.5) is 4.39 Å². The number of pyridine rings is 1. The second kappa shape index (κ2) is 6.83. The average molecular weight is 401 g/mol. The number of piperidine rings is 1. The maximum absolute atomic E-state index is 14.1. The molecule has 1 aromatic heterocycles. The highest BCUT2D eigenvalue weighted by atomic mass is 79.9. The first-order chi connectivity index (χ1) is 12.1. The Balaban J connectivity index is 1.38. The number of nitriles is 1. The highest BCUT2D eigenvalue weighted by Gasteiger charge is 2.44. The van der Waals surface area contributed by atoms with Crippen LogP contribution < -0.4 is 0 Å². The zero-order valence-electron chi connectivity index (χ0n) is 13.7. The Morgan fingerprint density at radius 1 is 1.20 bits per heavy atom. The Bertz CT molecular complexity index is 822. The number of aromatic nitrogens is 1. The highest BCUT2D eigenvalue weighted by Crippen LogP contribution is 2.34. The van der Waals surface area contributed by atoms with Crippen molar-refractivity contribution in [2.45, 2.75) is 31.6 Å². The van der Waals surface area contributed by atoms with Crippen molar-refractivity contribution in [3.05, 3.63) is 63.6 Å². The molecule has 0 amide bonds. The van der Waals surface area contributed by atoms with Gasteiger partial charge in [0.1, 0.15) is 5.82 Å². The van der Waals surface area contributed by atoms with Gasteiger partial charge in [0.15, 0.2) is 0 Å². The van der Waals surface area contributed by atoms with Gasteiger partial charge in [0.05, 0.1) is 11.6 Å². The molecular weight excluding hydrogens is 383 g/mol. The van der Waals surface area contributed by atoms with Gasteiger partial charge >= 0.3 is 0 Å². The zero-order valence-corrected chi connectivity index (χ0v) is 15.3. The monoisotopic (exact) mass is 400 g/mol. The van der Waals surface area contributed by atoms with Gasteiger partial charge in [0.25, 0.3) is 0 Å². The van der Waals surface area contributed by atoms with Crippen LogP contribution in [-0.4, -0.2) is 40.0 Å². The van der Waals surface area contributed by atoms with E-state index in [4.69, 9.17) is 5.26 Å². The summed E-state index contributed by atoms with van der Waals surface area (Å²) in [6.45, 7) is 3.53. The van der Waals surface area contributed by atoms with E-state index in [-0.39, 0.29) is 5.82 Å². The maximum atomic E-state index is 14.1. The first-order valence-corrected chi connectivity index (χ1v) is 9.18. The standard InChI is InChI=1S/C19H18BrFN4/c20-16-3-14(7-23-8-16)9-24-11-17-5-18(12-24)25(17)10-15-2-1-13(6-22)4-19(15)21/h1-4,7-8,17-18H,5,9-12H2. The largest absolute Gasteiger partial charge is 0.296 e. The molecule has 25 heavy (non-hydrogen) atoms. The van der Waals surface area contributed by atoms with Crippen molar-refractivity contribution in [2.75, 3.05) is 13.1 Å². The summed E-state index contributed by atoms with van der Waals surface area (Å²) < 4.78 is 15.1. The molecule has 4 nitrogen and oxygen atoms in total. The predicted molar refractivity (Wildman–Crippen MR) is 96.1 cm³/mol. The Labute approximate surface area is 155 Å². The van der Waals surface area contributed by atoms with Crippen molar-refractivity contribution in [1.82, 2.24) is 14.8 Å². The third kappa shape index (κ3) is 3.45. The SMILES string of the molecule is N#Cc1ccc(CN2C3CC2CN(Cc2cncc(Br)c2)C3)c(F)c1. The molecule has 2 bridgehead atoms. The van der Waals surface area contributed by atoms with E-state index in [9.17, 15) is 4.39 Å². The highest BCUT2D eigenvalue weighted by molar-refractivity contribution is 9.10. The third-order valence-electron chi connectivity index (χ3n) is 5.12. The summed E-state index contributed by atoms with van der Waals surface area (Å²) in [5.41, 5.74) is 2.26. The van der Waals surface area contributed by atoms with Crippen molar-refractivity contribution in [2.24, 2.45) is 0 Å². The van der Waals surface area contributed by atoms with Gasteiger partial charge in [-0.2, -0.15) is 5.26 Å². The molecule has 3 aliphatic rings. The topological polar surface area (TPSA) is 43.2 Å². The number of fused-ring (bicyclic) bond motifs is 2. The molecule has 3 aliphatic heterocycles. The van der Waals surface area contributed by atoms with Gasteiger partial charge in [-0.05, 0) is 46.1 Å². The minimum atomic E-state index is -0.277. The first kappa shape index (κ1) is 16.6. The summed E-state index contributed by atoms with van der Waals surface area (Å²) in [5, 5.41) is 8.85. The van der Waals surface area contributed by atoms with E-state index in [0.717, 1.165) is 24.1 Å².